The second-order valence-corrected chi connectivity index (χ2v) is 4.60. The van der Waals surface area contributed by atoms with Crippen molar-refractivity contribution in [1.29, 1.82) is 0 Å². The number of anilines is 1. The Morgan fingerprint density at radius 3 is 2.68 bits per heavy atom. The van der Waals surface area contributed by atoms with Gasteiger partial charge in [-0.05, 0) is 17.7 Å². The molecule has 0 saturated heterocycles. The highest BCUT2D eigenvalue weighted by atomic mass is 16.2. The molecule has 0 aliphatic rings. The fourth-order valence-corrected chi connectivity index (χ4v) is 1.97. The molecule has 3 rings (SSSR count). The number of aromatic nitrogens is 3. The Labute approximate surface area is 125 Å². The fourth-order valence-electron chi connectivity index (χ4n) is 1.97. The lowest BCUT2D eigenvalue weighted by Gasteiger charge is -2.05. The van der Waals surface area contributed by atoms with E-state index in [1.165, 1.54) is 0 Å². The van der Waals surface area contributed by atoms with Gasteiger partial charge in [-0.3, -0.25) is 14.7 Å². The van der Waals surface area contributed by atoms with E-state index in [4.69, 9.17) is 0 Å². The van der Waals surface area contributed by atoms with Crippen LogP contribution in [0.25, 0.3) is 11.0 Å². The van der Waals surface area contributed by atoms with E-state index >= 15 is 0 Å². The third-order valence-corrected chi connectivity index (χ3v) is 3.07. The maximum absolute atomic E-state index is 11.9. The Bertz CT molecular complexity index is 813. The number of hydrogen-bond donors (Lipinski definition) is 3. The van der Waals surface area contributed by atoms with E-state index in [1.807, 2.05) is 30.3 Å². The predicted octanol–water partition coefficient (Wildman–Crippen LogP) is 1.21. The molecule has 0 aliphatic carbocycles. The van der Waals surface area contributed by atoms with Crippen LogP contribution in [0.3, 0.4) is 0 Å². The van der Waals surface area contributed by atoms with Gasteiger partial charge in [-0.2, -0.15) is 5.10 Å². The van der Waals surface area contributed by atoms with Crippen molar-refractivity contribution in [2.24, 2.45) is 0 Å². The minimum absolute atomic E-state index is 0.290. The molecule has 2 aromatic heterocycles. The van der Waals surface area contributed by atoms with Gasteiger partial charge in [0, 0.05) is 12.7 Å². The van der Waals surface area contributed by atoms with Crippen molar-refractivity contribution in [2.45, 2.75) is 6.54 Å². The molecule has 3 N–H and O–H groups in total. The first-order chi connectivity index (χ1) is 10.7. The van der Waals surface area contributed by atoms with Crippen LogP contribution in [-0.2, 0) is 16.1 Å². The predicted molar refractivity (Wildman–Crippen MR) is 80.8 cm³/mol. The van der Waals surface area contributed by atoms with Crippen molar-refractivity contribution >= 4 is 28.7 Å². The van der Waals surface area contributed by atoms with Crippen LogP contribution in [0.4, 0.5) is 5.82 Å². The maximum atomic E-state index is 11.9. The Balaban J connectivity index is 1.63. The lowest BCUT2D eigenvalue weighted by Crippen LogP contribution is -2.35. The molecule has 1 aromatic carbocycles. The molecule has 2 heterocycles. The monoisotopic (exact) mass is 295 g/mol. The van der Waals surface area contributed by atoms with E-state index in [1.54, 1.807) is 18.3 Å². The van der Waals surface area contributed by atoms with Crippen LogP contribution in [0, 0.1) is 0 Å². The lowest BCUT2D eigenvalue weighted by atomic mass is 10.2. The quantitative estimate of drug-likeness (QED) is 0.632. The number of fused-ring (bicyclic) bond motifs is 1. The van der Waals surface area contributed by atoms with Gasteiger partial charge in [-0.25, -0.2) is 4.98 Å². The third kappa shape index (κ3) is 2.93. The molecule has 0 atom stereocenters. The van der Waals surface area contributed by atoms with Crippen LogP contribution in [-0.4, -0.2) is 27.0 Å². The van der Waals surface area contributed by atoms with Crippen molar-refractivity contribution in [3.05, 3.63) is 54.2 Å². The summed E-state index contributed by atoms with van der Waals surface area (Å²) in [6, 6.07) is 12.8. The maximum Gasteiger partial charge on any atom is 0.314 e. The first-order valence-electron chi connectivity index (χ1n) is 6.66. The van der Waals surface area contributed by atoms with E-state index in [-0.39, 0.29) is 0 Å². The van der Waals surface area contributed by atoms with Gasteiger partial charge in [0.15, 0.2) is 5.65 Å². The van der Waals surface area contributed by atoms with Gasteiger partial charge in [-0.15, -0.1) is 0 Å². The minimum Gasteiger partial charge on any atom is -0.344 e. The molecule has 0 bridgehead atoms. The standard InChI is InChI=1S/C15H13N5O2/c21-14(17-9-10-5-2-1-3-6-10)15(22)18-13-11-7-4-8-16-12(11)19-20-13/h1-8H,9H2,(H,17,21)(H2,16,18,19,20,22). The summed E-state index contributed by atoms with van der Waals surface area (Å²) in [5, 5.41) is 12.3. The van der Waals surface area contributed by atoms with Crippen LogP contribution in [0.1, 0.15) is 5.56 Å². The molecule has 3 aromatic rings. The third-order valence-electron chi connectivity index (χ3n) is 3.07. The molecule has 7 nitrogen and oxygen atoms in total. The number of benzene rings is 1. The van der Waals surface area contributed by atoms with Gasteiger partial charge in [0.2, 0.25) is 0 Å². The average molecular weight is 295 g/mol. The molecule has 110 valence electrons. The molecule has 0 fully saturated rings. The number of rotatable bonds is 3. The Kier molecular flexibility index (Phi) is 3.78. The first-order valence-corrected chi connectivity index (χ1v) is 6.66. The number of carbonyl (C=O) groups excluding carboxylic acids is 2. The zero-order valence-corrected chi connectivity index (χ0v) is 11.5. The van der Waals surface area contributed by atoms with Gasteiger partial charge in [0.05, 0.1) is 5.39 Å². The van der Waals surface area contributed by atoms with Crippen LogP contribution < -0.4 is 10.6 Å². The lowest BCUT2D eigenvalue weighted by molar-refractivity contribution is -0.136. The van der Waals surface area contributed by atoms with E-state index in [0.717, 1.165) is 5.56 Å². The van der Waals surface area contributed by atoms with Crippen molar-refractivity contribution in [1.82, 2.24) is 20.5 Å². The second-order valence-electron chi connectivity index (χ2n) is 4.60. The molecule has 0 unspecified atom stereocenters. The van der Waals surface area contributed by atoms with E-state index in [0.29, 0.717) is 23.4 Å². The summed E-state index contributed by atoms with van der Waals surface area (Å²) in [6.07, 6.45) is 1.60. The number of aromatic amines is 1. The average Bonchev–Trinajstić information content (AvgIpc) is 2.97. The zero-order valence-electron chi connectivity index (χ0n) is 11.5. The van der Waals surface area contributed by atoms with E-state index in [2.05, 4.69) is 25.8 Å². The molecule has 0 aliphatic heterocycles. The van der Waals surface area contributed by atoms with Gasteiger partial charge in [-0.1, -0.05) is 30.3 Å². The molecule has 7 heteroatoms. The largest absolute Gasteiger partial charge is 0.344 e. The summed E-state index contributed by atoms with van der Waals surface area (Å²) in [7, 11) is 0. The Morgan fingerprint density at radius 1 is 1.05 bits per heavy atom. The summed E-state index contributed by atoms with van der Waals surface area (Å²) >= 11 is 0. The fraction of sp³-hybridized carbons (Fsp3) is 0.0667. The zero-order chi connectivity index (χ0) is 15.4. The summed E-state index contributed by atoms with van der Waals surface area (Å²) in [5.74, 6) is -1.12. The molecule has 0 spiro atoms. The Hall–Kier alpha value is -3.22. The smallest absolute Gasteiger partial charge is 0.314 e. The van der Waals surface area contributed by atoms with Gasteiger partial charge < -0.3 is 10.6 Å². The molecule has 22 heavy (non-hydrogen) atoms. The summed E-state index contributed by atoms with van der Waals surface area (Å²) in [5.41, 5.74) is 1.39. The summed E-state index contributed by atoms with van der Waals surface area (Å²) < 4.78 is 0. The van der Waals surface area contributed by atoms with Crippen molar-refractivity contribution < 1.29 is 9.59 Å². The van der Waals surface area contributed by atoms with Crippen LogP contribution in [0.5, 0.6) is 0 Å². The van der Waals surface area contributed by atoms with Crippen molar-refractivity contribution in [3.63, 3.8) is 0 Å². The minimum atomic E-state index is -0.759. The highest BCUT2D eigenvalue weighted by Crippen LogP contribution is 2.17. The molecular formula is C15H13N5O2. The highest BCUT2D eigenvalue weighted by Gasteiger charge is 2.16. The SMILES string of the molecule is O=C(NCc1ccccc1)C(=O)Nc1[nH]nc2ncccc12. The molecule has 0 saturated carbocycles. The number of amides is 2. The van der Waals surface area contributed by atoms with Crippen LogP contribution in [0.15, 0.2) is 48.7 Å². The van der Waals surface area contributed by atoms with E-state index < -0.39 is 11.8 Å². The summed E-state index contributed by atoms with van der Waals surface area (Å²) in [4.78, 5) is 27.7. The van der Waals surface area contributed by atoms with Gasteiger partial charge in [0.1, 0.15) is 5.82 Å². The normalized spacial score (nSPS) is 10.4. The number of pyridine rings is 1. The number of hydrogen-bond acceptors (Lipinski definition) is 4. The summed E-state index contributed by atoms with van der Waals surface area (Å²) in [6.45, 7) is 0.290. The molecular weight excluding hydrogens is 282 g/mol. The first kappa shape index (κ1) is 13.7. The number of carbonyl (C=O) groups is 2. The van der Waals surface area contributed by atoms with Crippen LogP contribution in [0.2, 0.25) is 0 Å². The van der Waals surface area contributed by atoms with Crippen molar-refractivity contribution in [2.75, 3.05) is 5.32 Å². The second kappa shape index (κ2) is 6.04. The van der Waals surface area contributed by atoms with Crippen LogP contribution >= 0.6 is 0 Å². The Morgan fingerprint density at radius 2 is 1.86 bits per heavy atom. The number of H-pyrrole nitrogens is 1. The van der Waals surface area contributed by atoms with Gasteiger partial charge >= 0.3 is 11.8 Å². The number of nitrogens with one attached hydrogen (secondary N) is 3. The topological polar surface area (TPSA) is 99.8 Å². The molecule has 0 radical (unpaired) electrons. The molecule has 2 amide bonds. The van der Waals surface area contributed by atoms with E-state index in [9.17, 15) is 9.59 Å². The highest BCUT2D eigenvalue weighted by molar-refractivity contribution is 6.40. The number of nitrogens with zero attached hydrogens (tertiary/aromatic N) is 2. The van der Waals surface area contributed by atoms with Gasteiger partial charge in [0.25, 0.3) is 0 Å². The van der Waals surface area contributed by atoms with Crippen molar-refractivity contribution in [3.8, 4) is 0 Å².